The number of carbonyl (C=O) groups is 3. The van der Waals surface area contributed by atoms with Crippen LogP contribution in [0.4, 0.5) is 5.69 Å². The second-order valence-corrected chi connectivity index (χ2v) is 8.54. The molecule has 0 radical (unpaired) electrons. The van der Waals surface area contributed by atoms with Crippen molar-refractivity contribution in [3.05, 3.63) is 71.4 Å². The zero-order chi connectivity index (χ0) is 24.0. The standard InChI is InChI=1S/C26H29N3O4/c1-16(2)14-27-25(31)19-10-6-8-12-22(19)29-24(30)15-33-26(32)20-13-23(17(3)4)28-21-11-7-5-9-18(20)21/h5-13,16-17H,14-15H2,1-4H3,(H,27,31)(H,29,30). The molecule has 1 heterocycles. The number of nitrogens with one attached hydrogen (secondary N) is 2. The van der Waals surface area contributed by atoms with Crippen LogP contribution < -0.4 is 10.6 Å². The molecule has 33 heavy (non-hydrogen) atoms. The Kier molecular flexibility index (Phi) is 7.77. The Hall–Kier alpha value is -3.74. The van der Waals surface area contributed by atoms with Crippen molar-refractivity contribution in [3.63, 3.8) is 0 Å². The molecular formula is C26H29N3O4. The molecule has 7 nitrogen and oxygen atoms in total. The number of hydrogen-bond donors (Lipinski definition) is 2. The van der Waals surface area contributed by atoms with Gasteiger partial charge in [0.05, 0.1) is 22.3 Å². The maximum atomic E-state index is 12.8. The summed E-state index contributed by atoms with van der Waals surface area (Å²) >= 11 is 0. The molecule has 172 valence electrons. The van der Waals surface area contributed by atoms with Crippen LogP contribution in [0.3, 0.4) is 0 Å². The summed E-state index contributed by atoms with van der Waals surface area (Å²) in [4.78, 5) is 42.4. The average molecular weight is 448 g/mol. The highest BCUT2D eigenvalue weighted by molar-refractivity contribution is 6.06. The third-order valence-electron chi connectivity index (χ3n) is 5.00. The fraction of sp³-hybridized carbons (Fsp3) is 0.308. The van der Waals surface area contributed by atoms with Gasteiger partial charge in [-0.25, -0.2) is 4.79 Å². The van der Waals surface area contributed by atoms with Crippen LogP contribution >= 0.6 is 0 Å². The predicted octanol–water partition coefficient (Wildman–Crippen LogP) is 4.54. The molecular weight excluding hydrogens is 418 g/mol. The van der Waals surface area contributed by atoms with E-state index in [9.17, 15) is 14.4 Å². The molecule has 3 rings (SSSR count). The third-order valence-corrected chi connectivity index (χ3v) is 5.00. The van der Waals surface area contributed by atoms with E-state index in [1.54, 1.807) is 36.4 Å². The summed E-state index contributed by atoms with van der Waals surface area (Å²) in [6.07, 6.45) is 0. The van der Waals surface area contributed by atoms with Gasteiger partial charge in [0.2, 0.25) is 0 Å². The smallest absolute Gasteiger partial charge is 0.339 e. The number of ether oxygens (including phenoxy) is 1. The van der Waals surface area contributed by atoms with E-state index in [-0.39, 0.29) is 11.8 Å². The highest BCUT2D eigenvalue weighted by Crippen LogP contribution is 2.23. The SMILES string of the molecule is CC(C)CNC(=O)c1ccccc1NC(=O)COC(=O)c1cc(C(C)C)nc2ccccc12. The lowest BCUT2D eigenvalue weighted by Gasteiger charge is -2.13. The number of fused-ring (bicyclic) bond motifs is 1. The molecule has 0 atom stereocenters. The molecule has 0 aliphatic rings. The first-order valence-corrected chi connectivity index (χ1v) is 11.0. The number of carbonyl (C=O) groups excluding carboxylic acids is 3. The predicted molar refractivity (Wildman–Crippen MR) is 128 cm³/mol. The lowest BCUT2D eigenvalue weighted by molar-refractivity contribution is -0.119. The minimum absolute atomic E-state index is 0.128. The number of para-hydroxylation sites is 2. The Morgan fingerprint density at radius 3 is 2.36 bits per heavy atom. The average Bonchev–Trinajstić information content (AvgIpc) is 2.80. The molecule has 2 amide bonds. The van der Waals surface area contributed by atoms with E-state index >= 15 is 0 Å². The van der Waals surface area contributed by atoms with Crippen molar-refractivity contribution in [2.24, 2.45) is 5.92 Å². The van der Waals surface area contributed by atoms with Crippen molar-refractivity contribution >= 4 is 34.4 Å². The van der Waals surface area contributed by atoms with Crippen LogP contribution in [-0.2, 0) is 9.53 Å². The fourth-order valence-electron chi connectivity index (χ4n) is 3.24. The molecule has 1 aromatic heterocycles. The number of pyridine rings is 1. The molecule has 3 aromatic rings. The number of benzene rings is 2. The van der Waals surface area contributed by atoms with E-state index in [0.717, 1.165) is 5.69 Å². The summed E-state index contributed by atoms with van der Waals surface area (Å²) in [6.45, 7) is 8.03. The van der Waals surface area contributed by atoms with Gasteiger partial charge in [0.25, 0.3) is 11.8 Å². The normalized spacial score (nSPS) is 11.0. The Bertz CT molecular complexity index is 1170. The first-order chi connectivity index (χ1) is 15.8. The largest absolute Gasteiger partial charge is 0.452 e. The molecule has 2 aromatic carbocycles. The zero-order valence-corrected chi connectivity index (χ0v) is 19.3. The maximum absolute atomic E-state index is 12.8. The molecule has 7 heteroatoms. The summed E-state index contributed by atoms with van der Waals surface area (Å²) in [6, 6.07) is 15.7. The topological polar surface area (TPSA) is 97.4 Å². The Morgan fingerprint density at radius 1 is 0.939 bits per heavy atom. The minimum Gasteiger partial charge on any atom is -0.452 e. The first kappa shape index (κ1) is 23.9. The summed E-state index contributed by atoms with van der Waals surface area (Å²) in [7, 11) is 0. The van der Waals surface area contributed by atoms with Gasteiger partial charge in [0.1, 0.15) is 0 Å². The lowest BCUT2D eigenvalue weighted by atomic mass is 10.0. The van der Waals surface area contributed by atoms with Crippen molar-refractivity contribution in [3.8, 4) is 0 Å². The highest BCUT2D eigenvalue weighted by Gasteiger charge is 2.18. The zero-order valence-electron chi connectivity index (χ0n) is 19.3. The van der Waals surface area contributed by atoms with E-state index in [0.29, 0.717) is 40.2 Å². The fourth-order valence-corrected chi connectivity index (χ4v) is 3.24. The molecule has 0 aliphatic carbocycles. The summed E-state index contributed by atoms with van der Waals surface area (Å²) in [5.41, 5.74) is 2.54. The van der Waals surface area contributed by atoms with Gasteiger partial charge in [-0.1, -0.05) is 58.0 Å². The van der Waals surface area contributed by atoms with E-state index in [2.05, 4.69) is 15.6 Å². The number of nitrogens with zero attached hydrogens (tertiary/aromatic N) is 1. The summed E-state index contributed by atoms with van der Waals surface area (Å²) < 4.78 is 5.30. The van der Waals surface area contributed by atoms with Crippen LogP contribution in [0.5, 0.6) is 0 Å². The number of rotatable bonds is 8. The van der Waals surface area contributed by atoms with Crippen LogP contribution in [0.25, 0.3) is 10.9 Å². The molecule has 0 fully saturated rings. The van der Waals surface area contributed by atoms with Crippen LogP contribution in [0.1, 0.15) is 60.0 Å². The van der Waals surface area contributed by atoms with Crippen molar-refractivity contribution in [1.29, 1.82) is 0 Å². The quantitative estimate of drug-likeness (QED) is 0.494. The third kappa shape index (κ3) is 6.16. The number of amides is 2. The minimum atomic E-state index is -0.603. The van der Waals surface area contributed by atoms with Gasteiger partial charge in [0.15, 0.2) is 6.61 Å². The summed E-state index contributed by atoms with van der Waals surface area (Å²) in [5.74, 6) is -0.983. The molecule has 0 bridgehead atoms. The van der Waals surface area contributed by atoms with Gasteiger partial charge in [0, 0.05) is 17.6 Å². The van der Waals surface area contributed by atoms with Crippen LogP contribution in [0.15, 0.2) is 54.6 Å². The molecule has 0 spiro atoms. The van der Waals surface area contributed by atoms with Crippen molar-refractivity contribution in [2.75, 3.05) is 18.5 Å². The van der Waals surface area contributed by atoms with Gasteiger partial charge < -0.3 is 15.4 Å². The van der Waals surface area contributed by atoms with Gasteiger partial charge in [-0.3, -0.25) is 14.6 Å². The molecule has 0 saturated carbocycles. The number of hydrogen-bond acceptors (Lipinski definition) is 5. The molecule has 0 saturated heterocycles. The van der Waals surface area contributed by atoms with E-state index < -0.39 is 18.5 Å². The van der Waals surface area contributed by atoms with Crippen molar-refractivity contribution < 1.29 is 19.1 Å². The van der Waals surface area contributed by atoms with E-state index in [4.69, 9.17) is 4.74 Å². The van der Waals surface area contributed by atoms with Crippen molar-refractivity contribution in [1.82, 2.24) is 10.3 Å². The lowest BCUT2D eigenvalue weighted by Crippen LogP contribution is -2.29. The highest BCUT2D eigenvalue weighted by atomic mass is 16.5. The number of anilines is 1. The second kappa shape index (κ2) is 10.7. The van der Waals surface area contributed by atoms with Crippen molar-refractivity contribution in [2.45, 2.75) is 33.6 Å². The van der Waals surface area contributed by atoms with Gasteiger partial charge in [-0.2, -0.15) is 0 Å². The number of esters is 1. The van der Waals surface area contributed by atoms with Gasteiger partial charge >= 0.3 is 5.97 Å². The van der Waals surface area contributed by atoms with E-state index in [1.807, 2.05) is 45.9 Å². The molecule has 0 unspecified atom stereocenters. The molecule has 2 N–H and O–H groups in total. The van der Waals surface area contributed by atoms with Crippen LogP contribution in [-0.4, -0.2) is 35.9 Å². The second-order valence-electron chi connectivity index (χ2n) is 8.54. The van der Waals surface area contributed by atoms with Crippen LogP contribution in [0.2, 0.25) is 0 Å². The Balaban J connectivity index is 1.70. The number of aromatic nitrogens is 1. The maximum Gasteiger partial charge on any atom is 0.339 e. The monoisotopic (exact) mass is 447 g/mol. The van der Waals surface area contributed by atoms with Gasteiger partial charge in [-0.15, -0.1) is 0 Å². The summed E-state index contributed by atoms with van der Waals surface area (Å²) in [5, 5.41) is 6.16. The Labute approximate surface area is 193 Å². The molecule has 0 aliphatic heterocycles. The Morgan fingerprint density at radius 2 is 1.64 bits per heavy atom. The first-order valence-electron chi connectivity index (χ1n) is 11.0. The van der Waals surface area contributed by atoms with E-state index in [1.165, 1.54) is 0 Å². The van der Waals surface area contributed by atoms with Gasteiger partial charge in [-0.05, 0) is 36.1 Å². The van der Waals surface area contributed by atoms with Crippen LogP contribution in [0, 0.1) is 5.92 Å².